The van der Waals surface area contributed by atoms with Gasteiger partial charge >= 0.3 is 6.03 Å². The summed E-state index contributed by atoms with van der Waals surface area (Å²) >= 11 is 0. The summed E-state index contributed by atoms with van der Waals surface area (Å²) in [7, 11) is 0. The van der Waals surface area contributed by atoms with Gasteiger partial charge in [0.25, 0.3) is 0 Å². The van der Waals surface area contributed by atoms with Gasteiger partial charge in [0, 0.05) is 11.9 Å². The van der Waals surface area contributed by atoms with Crippen molar-refractivity contribution in [3.8, 4) is 11.4 Å². The number of aryl methyl sites for hydroxylation is 1. The van der Waals surface area contributed by atoms with Crippen LogP contribution in [0.4, 0.5) is 10.5 Å². The molecule has 0 unspecified atom stereocenters. The molecule has 0 spiro atoms. The summed E-state index contributed by atoms with van der Waals surface area (Å²) in [4.78, 5) is 15.7. The van der Waals surface area contributed by atoms with E-state index in [1.165, 1.54) is 0 Å². The van der Waals surface area contributed by atoms with Crippen molar-refractivity contribution in [1.82, 2.24) is 9.47 Å². The van der Waals surface area contributed by atoms with Gasteiger partial charge in [-0.05, 0) is 55.3 Å². The van der Waals surface area contributed by atoms with Crippen molar-refractivity contribution in [2.24, 2.45) is 0 Å². The topological polar surface area (TPSA) is 46.5 Å². The van der Waals surface area contributed by atoms with E-state index >= 15 is 0 Å². The van der Waals surface area contributed by atoms with Crippen LogP contribution in [-0.2, 0) is 6.54 Å². The summed E-state index contributed by atoms with van der Waals surface area (Å²) in [5.74, 6) is 0.666. The molecule has 1 N–H and O–H groups in total. The monoisotopic (exact) mass is 437 g/mol. The number of hydrogen-bond donors (Lipinski definition) is 1. The third kappa shape index (κ3) is 3.98. The number of nitrogens with zero attached hydrogens (tertiary/aromatic N) is 2. The van der Waals surface area contributed by atoms with Crippen molar-refractivity contribution in [3.63, 3.8) is 0 Å². The first kappa shape index (κ1) is 20.9. The highest BCUT2D eigenvalue weighted by atomic mass is 16.5. The normalized spacial score (nSPS) is 14.7. The lowest BCUT2D eigenvalue weighted by Crippen LogP contribution is -2.38. The van der Waals surface area contributed by atoms with Crippen LogP contribution in [0.2, 0.25) is 0 Å². The molecule has 5 rings (SSSR count). The zero-order valence-corrected chi connectivity index (χ0v) is 18.9. The van der Waals surface area contributed by atoms with Gasteiger partial charge in [-0.1, -0.05) is 60.2 Å². The Morgan fingerprint density at radius 3 is 2.67 bits per heavy atom. The Kier molecular flexibility index (Phi) is 5.61. The van der Waals surface area contributed by atoms with E-state index in [2.05, 4.69) is 65.5 Å². The number of carbonyl (C=O) groups excluding carboxylic acids is 1. The predicted octanol–water partition coefficient (Wildman–Crippen LogP) is 6.32. The summed E-state index contributed by atoms with van der Waals surface area (Å²) in [6, 6.07) is 27.9. The number of rotatable bonds is 4. The van der Waals surface area contributed by atoms with Crippen LogP contribution in [0.3, 0.4) is 0 Å². The lowest BCUT2D eigenvalue weighted by molar-refractivity contribution is 0.194. The van der Waals surface area contributed by atoms with E-state index in [0.29, 0.717) is 24.6 Å². The van der Waals surface area contributed by atoms with Crippen molar-refractivity contribution < 1.29 is 9.53 Å². The van der Waals surface area contributed by atoms with Gasteiger partial charge in [0.2, 0.25) is 0 Å². The number of amides is 2. The highest BCUT2D eigenvalue weighted by Gasteiger charge is 2.33. The van der Waals surface area contributed by atoms with Crippen LogP contribution < -0.4 is 10.1 Å². The molecule has 2 amide bonds. The van der Waals surface area contributed by atoms with E-state index in [1.54, 1.807) is 0 Å². The largest absolute Gasteiger partial charge is 0.492 e. The summed E-state index contributed by atoms with van der Waals surface area (Å²) in [5, 5.41) is 3.11. The number of hydrogen-bond acceptors (Lipinski definition) is 2. The number of anilines is 1. The fraction of sp³-hybridized carbons (Fsp3) is 0.179. The molecule has 0 radical (unpaired) electrons. The molecule has 0 aliphatic carbocycles. The number of para-hydroxylation sites is 3. The maximum absolute atomic E-state index is 13.8. The second-order valence-corrected chi connectivity index (χ2v) is 8.24. The number of urea groups is 1. The van der Waals surface area contributed by atoms with Crippen molar-refractivity contribution in [2.45, 2.75) is 26.4 Å². The summed E-state index contributed by atoms with van der Waals surface area (Å²) < 4.78 is 7.94. The minimum absolute atomic E-state index is 0.168. The zero-order valence-electron chi connectivity index (χ0n) is 18.9. The van der Waals surface area contributed by atoms with Gasteiger partial charge < -0.3 is 19.5 Å². The second kappa shape index (κ2) is 8.87. The summed E-state index contributed by atoms with van der Waals surface area (Å²) in [6.07, 6.45) is 2.07. The number of benzene rings is 3. The fourth-order valence-corrected chi connectivity index (χ4v) is 4.57. The second-order valence-electron chi connectivity index (χ2n) is 8.24. The smallest absolute Gasteiger partial charge is 0.323 e. The van der Waals surface area contributed by atoms with Crippen molar-refractivity contribution in [2.75, 3.05) is 11.9 Å². The molecule has 4 aromatic rings. The van der Waals surface area contributed by atoms with E-state index < -0.39 is 0 Å². The first-order valence-electron chi connectivity index (χ1n) is 11.3. The molecule has 1 aliphatic rings. The minimum atomic E-state index is -0.244. The van der Waals surface area contributed by atoms with Crippen LogP contribution in [0.5, 0.6) is 5.75 Å². The Balaban J connectivity index is 1.62. The molecule has 5 nitrogen and oxygen atoms in total. The van der Waals surface area contributed by atoms with Gasteiger partial charge in [0.15, 0.2) is 0 Å². The molecule has 166 valence electrons. The quantitative estimate of drug-likeness (QED) is 0.406. The van der Waals surface area contributed by atoms with Crippen LogP contribution >= 0.6 is 0 Å². The van der Waals surface area contributed by atoms with E-state index in [9.17, 15) is 4.79 Å². The predicted molar refractivity (Wildman–Crippen MR) is 131 cm³/mol. The van der Waals surface area contributed by atoms with E-state index in [0.717, 1.165) is 28.1 Å². The van der Waals surface area contributed by atoms with Gasteiger partial charge in [-0.15, -0.1) is 0 Å². The number of ether oxygens (including phenoxy) is 1. The van der Waals surface area contributed by atoms with Crippen LogP contribution in [0.1, 0.15) is 35.3 Å². The molecule has 1 atom stereocenters. The number of fused-ring (bicyclic) bond motifs is 3. The SMILES string of the molecule is CCOc1ccccc1NC(=O)N1Cc2ccccc2-n2cccc2[C@@H]1c1cccc(C)c1. The average molecular weight is 438 g/mol. The molecule has 1 aliphatic heterocycles. The standard InChI is InChI=1S/C28H27N3O2/c1-3-33-26-16-7-5-13-23(26)29-28(32)31-19-22-11-4-6-14-24(22)30-17-9-15-25(30)27(31)21-12-8-10-20(2)18-21/h4-18,27H,3,19H2,1-2H3,(H,29,32)/t27-/m0/s1. The zero-order chi connectivity index (χ0) is 22.8. The third-order valence-corrected chi connectivity index (χ3v) is 6.01. The number of aromatic nitrogens is 1. The van der Waals surface area contributed by atoms with Crippen LogP contribution in [0, 0.1) is 6.92 Å². The molecule has 1 aromatic heterocycles. The minimum Gasteiger partial charge on any atom is -0.492 e. The Morgan fingerprint density at radius 2 is 1.82 bits per heavy atom. The Bertz CT molecular complexity index is 1290. The molecule has 0 saturated heterocycles. The molecule has 3 aromatic carbocycles. The Hall–Kier alpha value is -3.99. The highest BCUT2D eigenvalue weighted by molar-refractivity contribution is 5.91. The maximum Gasteiger partial charge on any atom is 0.323 e. The molecule has 2 heterocycles. The summed E-state index contributed by atoms with van der Waals surface area (Å²) in [6.45, 7) is 5.03. The van der Waals surface area contributed by atoms with Gasteiger partial charge in [-0.25, -0.2) is 4.79 Å². The molecular formula is C28H27N3O2. The fourth-order valence-electron chi connectivity index (χ4n) is 4.57. The summed E-state index contributed by atoms with van der Waals surface area (Å²) in [5.41, 5.74) is 6.16. The molecule has 0 fully saturated rings. The Labute approximate surface area is 194 Å². The van der Waals surface area contributed by atoms with Gasteiger partial charge in [-0.3, -0.25) is 0 Å². The first-order chi connectivity index (χ1) is 16.2. The van der Waals surface area contributed by atoms with Gasteiger partial charge in [0.1, 0.15) is 5.75 Å². The lowest BCUT2D eigenvalue weighted by Gasteiger charge is -2.31. The lowest BCUT2D eigenvalue weighted by atomic mass is 10.00. The van der Waals surface area contributed by atoms with Crippen LogP contribution in [0.25, 0.3) is 5.69 Å². The third-order valence-electron chi connectivity index (χ3n) is 6.01. The number of carbonyl (C=O) groups is 1. The van der Waals surface area contributed by atoms with E-state index in [4.69, 9.17) is 4.74 Å². The van der Waals surface area contributed by atoms with Crippen LogP contribution in [-0.4, -0.2) is 22.1 Å². The molecule has 33 heavy (non-hydrogen) atoms. The van der Waals surface area contributed by atoms with Crippen molar-refractivity contribution >= 4 is 11.7 Å². The van der Waals surface area contributed by atoms with E-state index in [1.807, 2.05) is 54.3 Å². The van der Waals surface area contributed by atoms with Gasteiger partial charge in [-0.2, -0.15) is 0 Å². The van der Waals surface area contributed by atoms with Crippen LogP contribution in [0.15, 0.2) is 91.1 Å². The first-order valence-corrected chi connectivity index (χ1v) is 11.3. The molecular weight excluding hydrogens is 410 g/mol. The molecule has 0 saturated carbocycles. The maximum atomic E-state index is 13.8. The van der Waals surface area contributed by atoms with Gasteiger partial charge in [0.05, 0.1) is 30.6 Å². The molecule has 5 heteroatoms. The average Bonchev–Trinajstić information content (AvgIpc) is 3.24. The van der Waals surface area contributed by atoms with Crippen molar-refractivity contribution in [3.05, 3.63) is 114 Å². The van der Waals surface area contributed by atoms with E-state index in [-0.39, 0.29) is 12.1 Å². The number of nitrogens with one attached hydrogen (secondary N) is 1. The molecule has 0 bridgehead atoms. The highest BCUT2D eigenvalue weighted by Crippen LogP contribution is 2.37. The van der Waals surface area contributed by atoms with Crippen molar-refractivity contribution in [1.29, 1.82) is 0 Å². The Morgan fingerprint density at radius 1 is 1.00 bits per heavy atom.